The van der Waals surface area contributed by atoms with Crippen molar-refractivity contribution in [2.24, 2.45) is 0 Å². The molecular formula is C17H14Cl2INO. The largest absolute Gasteiger partial charge is 0.373 e. The highest BCUT2D eigenvalue weighted by molar-refractivity contribution is 14.1. The molecule has 2 atom stereocenters. The zero-order valence-electron chi connectivity index (χ0n) is 11.9. The van der Waals surface area contributed by atoms with Crippen molar-refractivity contribution < 1.29 is 5.11 Å². The Bertz CT molecular complexity index is 712. The van der Waals surface area contributed by atoms with E-state index in [1.807, 2.05) is 41.6 Å². The summed E-state index contributed by atoms with van der Waals surface area (Å²) in [7, 11) is 0. The molecule has 0 amide bonds. The van der Waals surface area contributed by atoms with Crippen molar-refractivity contribution >= 4 is 45.8 Å². The van der Waals surface area contributed by atoms with Crippen molar-refractivity contribution in [2.45, 2.75) is 24.9 Å². The van der Waals surface area contributed by atoms with Gasteiger partial charge in [-0.3, -0.25) is 4.98 Å². The number of rotatable bonds is 4. The summed E-state index contributed by atoms with van der Waals surface area (Å²) >= 11 is 14.2. The summed E-state index contributed by atoms with van der Waals surface area (Å²) in [6.07, 6.45) is 3.96. The summed E-state index contributed by atoms with van der Waals surface area (Å²) < 4.78 is 2.80. The molecular weight excluding hydrogens is 432 g/mol. The number of pyridine rings is 1. The smallest absolute Gasteiger partial charge is 0.160 e. The van der Waals surface area contributed by atoms with Crippen LogP contribution in [-0.4, -0.2) is 10.1 Å². The van der Waals surface area contributed by atoms with Crippen LogP contribution < -0.4 is 0 Å². The molecule has 1 heterocycles. The summed E-state index contributed by atoms with van der Waals surface area (Å²) in [5.41, 5.74) is 0.109. The first-order chi connectivity index (χ1) is 10.5. The maximum absolute atomic E-state index is 11.3. The van der Waals surface area contributed by atoms with Gasteiger partial charge in [0.25, 0.3) is 0 Å². The molecule has 0 aliphatic carbocycles. The van der Waals surface area contributed by atoms with Gasteiger partial charge in [0.1, 0.15) is 0 Å². The predicted octanol–water partition coefficient (Wildman–Crippen LogP) is 5.17. The number of benzene rings is 1. The Balaban J connectivity index is 2.60. The van der Waals surface area contributed by atoms with Gasteiger partial charge in [0.05, 0.1) is 0 Å². The van der Waals surface area contributed by atoms with Crippen LogP contribution in [0.3, 0.4) is 0 Å². The van der Waals surface area contributed by atoms with E-state index >= 15 is 0 Å². The maximum Gasteiger partial charge on any atom is 0.160 e. The second kappa shape index (κ2) is 7.65. The van der Waals surface area contributed by atoms with Crippen molar-refractivity contribution in [2.75, 3.05) is 0 Å². The fourth-order valence-electron chi connectivity index (χ4n) is 2.55. The zero-order valence-corrected chi connectivity index (χ0v) is 15.5. The van der Waals surface area contributed by atoms with Gasteiger partial charge in [-0.25, -0.2) is 0 Å². The van der Waals surface area contributed by atoms with E-state index in [0.717, 1.165) is 5.56 Å². The van der Waals surface area contributed by atoms with E-state index in [1.165, 1.54) is 0 Å². The molecule has 1 aromatic carbocycles. The molecule has 0 saturated carbocycles. The maximum atomic E-state index is 11.3. The minimum absolute atomic E-state index is 0.288. The van der Waals surface area contributed by atoms with Crippen LogP contribution in [0.1, 0.15) is 30.4 Å². The lowest BCUT2D eigenvalue weighted by molar-refractivity contribution is 0.0662. The molecule has 0 fully saturated rings. The fraction of sp³-hybridized carbons (Fsp3) is 0.235. The summed E-state index contributed by atoms with van der Waals surface area (Å²) in [4.78, 5) is 4.10. The molecule has 114 valence electrons. The van der Waals surface area contributed by atoms with E-state index in [-0.39, 0.29) is 5.92 Å². The van der Waals surface area contributed by atoms with E-state index in [1.54, 1.807) is 30.6 Å². The average Bonchev–Trinajstić information content (AvgIpc) is 2.51. The number of hydrogen-bond acceptors (Lipinski definition) is 2. The van der Waals surface area contributed by atoms with Gasteiger partial charge in [0.15, 0.2) is 5.60 Å². The van der Waals surface area contributed by atoms with Gasteiger partial charge in [0, 0.05) is 56.5 Å². The quantitative estimate of drug-likeness (QED) is 0.520. The van der Waals surface area contributed by atoms with Gasteiger partial charge in [-0.05, 0) is 34.1 Å². The molecule has 1 N–H and O–H groups in total. The lowest BCUT2D eigenvalue weighted by atomic mass is 9.77. The number of aliphatic hydroxyl groups is 1. The highest BCUT2D eigenvalue weighted by Gasteiger charge is 2.38. The van der Waals surface area contributed by atoms with Crippen LogP contribution in [0.5, 0.6) is 0 Å². The first-order valence-electron chi connectivity index (χ1n) is 6.73. The Morgan fingerprint density at radius 2 is 2.14 bits per heavy atom. The van der Waals surface area contributed by atoms with Crippen LogP contribution >= 0.6 is 45.8 Å². The van der Waals surface area contributed by atoms with Gasteiger partial charge in [-0.1, -0.05) is 48.2 Å². The predicted molar refractivity (Wildman–Crippen MR) is 99.4 cm³/mol. The molecule has 22 heavy (non-hydrogen) atoms. The Morgan fingerprint density at radius 3 is 2.68 bits per heavy atom. The second-order valence-corrected chi connectivity index (χ2v) is 6.24. The Morgan fingerprint density at radius 1 is 1.36 bits per heavy atom. The monoisotopic (exact) mass is 445 g/mol. The highest BCUT2D eigenvalue weighted by Crippen LogP contribution is 2.42. The molecule has 5 heteroatoms. The van der Waals surface area contributed by atoms with E-state index in [4.69, 9.17) is 23.2 Å². The van der Waals surface area contributed by atoms with Crippen LogP contribution in [0, 0.1) is 9.85 Å². The van der Waals surface area contributed by atoms with Gasteiger partial charge in [0.2, 0.25) is 0 Å². The molecule has 0 aliphatic rings. The molecule has 2 rings (SSSR count). The van der Waals surface area contributed by atoms with Crippen LogP contribution in [0.25, 0.3) is 0 Å². The van der Waals surface area contributed by atoms with E-state index in [2.05, 4.69) is 14.8 Å². The summed E-state index contributed by atoms with van der Waals surface area (Å²) in [6, 6.07) is 8.90. The third kappa shape index (κ3) is 3.57. The first kappa shape index (κ1) is 17.6. The Labute approximate surface area is 154 Å². The SMILES string of the molecule is CCC(c1ccc(Cl)cc1Cl)C(O)(C#CI)c1cccnc1. The minimum Gasteiger partial charge on any atom is -0.373 e. The summed E-state index contributed by atoms with van der Waals surface area (Å²) in [5, 5.41) is 12.4. The summed E-state index contributed by atoms with van der Waals surface area (Å²) in [6.45, 7) is 1.99. The van der Waals surface area contributed by atoms with E-state index < -0.39 is 5.60 Å². The normalized spacial score (nSPS) is 14.6. The van der Waals surface area contributed by atoms with Crippen molar-refractivity contribution in [1.29, 1.82) is 0 Å². The Kier molecular flexibility index (Phi) is 6.10. The molecule has 0 bridgehead atoms. The van der Waals surface area contributed by atoms with Crippen LogP contribution in [0.15, 0.2) is 42.7 Å². The minimum atomic E-state index is -1.36. The van der Waals surface area contributed by atoms with Crippen molar-refractivity contribution in [1.82, 2.24) is 4.98 Å². The van der Waals surface area contributed by atoms with Crippen LogP contribution in [-0.2, 0) is 5.60 Å². The van der Waals surface area contributed by atoms with Gasteiger partial charge in [-0.15, -0.1) is 0 Å². The Hall–Kier alpha value is -0.800. The third-order valence-corrected chi connectivity index (χ3v) is 4.42. The lowest BCUT2D eigenvalue weighted by Crippen LogP contribution is -2.32. The number of nitrogens with zero attached hydrogens (tertiary/aromatic N) is 1. The van der Waals surface area contributed by atoms with Crippen molar-refractivity contribution in [3.05, 3.63) is 63.9 Å². The van der Waals surface area contributed by atoms with Crippen molar-refractivity contribution in [3.8, 4) is 9.85 Å². The topological polar surface area (TPSA) is 33.1 Å². The standard InChI is InChI=1S/C17H14Cl2INO/c1-2-15(14-6-5-13(18)10-16(14)19)17(22,7-8-20)12-4-3-9-21-11-12/h3-6,9-11,15,22H,2H2,1H3. The first-order valence-corrected chi connectivity index (χ1v) is 8.57. The van der Waals surface area contributed by atoms with Gasteiger partial charge >= 0.3 is 0 Å². The van der Waals surface area contributed by atoms with Gasteiger partial charge in [-0.2, -0.15) is 0 Å². The third-order valence-electron chi connectivity index (χ3n) is 3.59. The second-order valence-electron chi connectivity index (χ2n) is 4.85. The lowest BCUT2D eigenvalue weighted by Gasteiger charge is -2.32. The molecule has 0 radical (unpaired) electrons. The number of halogens is 3. The van der Waals surface area contributed by atoms with E-state index in [9.17, 15) is 5.11 Å². The molecule has 2 aromatic rings. The molecule has 1 aromatic heterocycles. The van der Waals surface area contributed by atoms with Crippen LogP contribution in [0.2, 0.25) is 10.0 Å². The van der Waals surface area contributed by atoms with Crippen LogP contribution in [0.4, 0.5) is 0 Å². The fourth-order valence-corrected chi connectivity index (χ4v) is 3.50. The molecule has 0 aliphatic heterocycles. The highest BCUT2D eigenvalue weighted by atomic mass is 127. The zero-order chi connectivity index (χ0) is 16.2. The molecule has 0 spiro atoms. The number of hydrogen-bond donors (Lipinski definition) is 1. The molecule has 0 saturated heterocycles. The van der Waals surface area contributed by atoms with Gasteiger partial charge < -0.3 is 5.11 Å². The van der Waals surface area contributed by atoms with Crippen molar-refractivity contribution in [3.63, 3.8) is 0 Å². The number of aromatic nitrogens is 1. The van der Waals surface area contributed by atoms with E-state index in [0.29, 0.717) is 22.0 Å². The average molecular weight is 446 g/mol. The molecule has 2 unspecified atom stereocenters. The summed E-state index contributed by atoms with van der Waals surface area (Å²) in [5.74, 6) is 2.64. The molecule has 2 nitrogen and oxygen atoms in total.